The van der Waals surface area contributed by atoms with Gasteiger partial charge >= 0.3 is 0 Å². The second-order valence-electron chi connectivity index (χ2n) is 6.18. The van der Waals surface area contributed by atoms with Gasteiger partial charge < -0.3 is 20.5 Å². The Morgan fingerprint density at radius 1 is 1.47 bits per heavy atom. The van der Waals surface area contributed by atoms with Crippen molar-refractivity contribution in [3.63, 3.8) is 0 Å². The molecule has 0 aromatic carbocycles. The molecule has 2 atom stereocenters. The van der Waals surface area contributed by atoms with Gasteiger partial charge in [0.15, 0.2) is 0 Å². The second kappa shape index (κ2) is 6.20. The Hall–Kier alpha value is -0.650. The quantitative estimate of drug-likeness (QED) is 0.692. The van der Waals surface area contributed by atoms with Crippen LogP contribution in [0.25, 0.3) is 0 Å². The van der Waals surface area contributed by atoms with E-state index in [1.165, 1.54) is 0 Å². The number of carbonyl (C=O) groups is 1. The zero-order valence-electron chi connectivity index (χ0n) is 11.9. The average molecular weight is 270 g/mol. The molecule has 2 unspecified atom stereocenters. The maximum Gasteiger partial charge on any atom is 0.237 e. The highest BCUT2D eigenvalue weighted by Gasteiger charge is 2.34. The van der Waals surface area contributed by atoms with Gasteiger partial charge in [-0.2, -0.15) is 0 Å². The number of hydrogen-bond acceptors (Lipinski definition) is 4. The Labute approximate surface area is 115 Å². The third-order valence-corrected chi connectivity index (χ3v) is 4.54. The fourth-order valence-electron chi connectivity index (χ4n) is 2.93. The van der Waals surface area contributed by atoms with Crippen molar-refractivity contribution in [2.24, 2.45) is 5.92 Å². The van der Waals surface area contributed by atoms with E-state index in [0.717, 1.165) is 32.2 Å². The zero-order chi connectivity index (χ0) is 13.9. The summed E-state index contributed by atoms with van der Waals surface area (Å²) in [6, 6.07) is -0.184. The second-order valence-corrected chi connectivity index (χ2v) is 6.18. The van der Waals surface area contributed by atoms with Gasteiger partial charge in [-0.15, -0.1) is 0 Å². The molecule has 0 radical (unpaired) electrons. The van der Waals surface area contributed by atoms with Crippen LogP contribution in [0.1, 0.15) is 39.0 Å². The fraction of sp³-hybridized carbons (Fsp3) is 0.929. The highest BCUT2D eigenvalue weighted by atomic mass is 16.5. The molecule has 3 N–H and O–H groups in total. The van der Waals surface area contributed by atoms with Crippen LogP contribution < -0.4 is 10.6 Å². The minimum Gasteiger partial charge on any atom is -0.388 e. The summed E-state index contributed by atoms with van der Waals surface area (Å²) in [5.41, 5.74) is -0.707. The van der Waals surface area contributed by atoms with Gasteiger partial charge in [0.25, 0.3) is 0 Å². The van der Waals surface area contributed by atoms with Gasteiger partial charge in [0.2, 0.25) is 5.91 Å². The van der Waals surface area contributed by atoms with Crippen LogP contribution in [-0.2, 0) is 9.53 Å². The zero-order valence-corrected chi connectivity index (χ0v) is 11.9. The smallest absolute Gasteiger partial charge is 0.237 e. The molecule has 19 heavy (non-hydrogen) atoms. The maximum absolute atomic E-state index is 12.0. The summed E-state index contributed by atoms with van der Waals surface area (Å²) in [5, 5.41) is 16.5. The van der Waals surface area contributed by atoms with Gasteiger partial charge in [-0.3, -0.25) is 4.79 Å². The summed E-state index contributed by atoms with van der Waals surface area (Å²) >= 11 is 0. The highest BCUT2D eigenvalue weighted by molar-refractivity contribution is 5.82. The Kier molecular flexibility index (Phi) is 4.81. The standard InChI is InChI=1S/C14H26N2O3/c1-10-3-5-14(18,6-4-10)9-16-13(17)12-7-11(19-2)8-15-12/h10-12,15,18H,3-9H2,1-2H3,(H,16,17). The Bertz CT molecular complexity index is 314. The molecule has 5 heteroatoms. The van der Waals surface area contributed by atoms with Gasteiger partial charge in [0, 0.05) is 20.2 Å². The van der Waals surface area contributed by atoms with E-state index in [4.69, 9.17) is 4.74 Å². The summed E-state index contributed by atoms with van der Waals surface area (Å²) in [4.78, 5) is 12.0. The lowest BCUT2D eigenvalue weighted by Crippen LogP contribution is -2.49. The molecule has 1 saturated carbocycles. The van der Waals surface area contributed by atoms with Gasteiger partial charge in [-0.05, 0) is 38.0 Å². The number of nitrogens with one attached hydrogen (secondary N) is 2. The van der Waals surface area contributed by atoms with Crippen LogP contribution in [0.3, 0.4) is 0 Å². The number of amides is 1. The van der Waals surface area contributed by atoms with E-state index in [2.05, 4.69) is 17.6 Å². The highest BCUT2D eigenvalue weighted by Crippen LogP contribution is 2.31. The van der Waals surface area contributed by atoms with E-state index in [1.807, 2.05) is 0 Å². The molecule has 0 aromatic rings. The molecular formula is C14H26N2O3. The van der Waals surface area contributed by atoms with Crippen LogP contribution in [-0.4, -0.2) is 49.0 Å². The predicted octanol–water partition coefficient (Wildman–Crippen LogP) is 0.421. The minimum atomic E-state index is -0.707. The largest absolute Gasteiger partial charge is 0.388 e. The van der Waals surface area contributed by atoms with Crippen molar-refractivity contribution < 1.29 is 14.6 Å². The van der Waals surface area contributed by atoms with E-state index < -0.39 is 5.60 Å². The molecule has 0 spiro atoms. The number of carbonyl (C=O) groups excluding carboxylic acids is 1. The van der Waals surface area contributed by atoms with E-state index in [1.54, 1.807) is 7.11 Å². The summed E-state index contributed by atoms with van der Waals surface area (Å²) in [6.07, 6.45) is 4.48. The van der Waals surface area contributed by atoms with E-state index in [0.29, 0.717) is 18.9 Å². The molecule has 2 aliphatic rings. The molecule has 2 fully saturated rings. The molecule has 1 amide bonds. The Balaban J connectivity index is 1.74. The van der Waals surface area contributed by atoms with Gasteiger partial charge in [0.1, 0.15) is 0 Å². The van der Waals surface area contributed by atoms with Crippen LogP contribution in [0.2, 0.25) is 0 Å². The molecule has 110 valence electrons. The first-order valence-electron chi connectivity index (χ1n) is 7.29. The third-order valence-electron chi connectivity index (χ3n) is 4.54. The summed E-state index contributed by atoms with van der Waals surface area (Å²) in [6.45, 7) is 3.30. The van der Waals surface area contributed by atoms with Crippen molar-refractivity contribution >= 4 is 5.91 Å². The minimum absolute atomic E-state index is 0.0217. The van der Waals surface area contributed by atoms with Crippen LogP contribution in [0, 0.1) is 5.92 Å². The number of aliphatic hydroxyl groups is 1. The summed E-state index contributed by atoms with van der Waals surface area (Å²) in [7, 11) is 1.67. The molecular weight excluding hydrogens is 244 g/mol. The Morgan fingerprint density at radius 2 is 2.16 bits per heavy atom. The van der Waals surface area contributed by atoms with Crippen molar-refractivity contribution in [2.75, 3.05) is 20.2 Å². The fourth-order valence-corrected chi connectivity index (χ4v) is 2.93. The number of methoxy groups -OCH3 is 1. The summed E-state index contributed by atoms with van der Waals surface area (Å²) < 4.78 is 5.23. The predicted molar refractivity (Wildman–Crippen MR) is 72.8 cm³/mol. The molecule has 1 aliphatic heterocycles. The lowest BCUT2D eigenvalue weighted by atomic mass is 9.79. The number of ether oxygens (including phenoxy) is 1. The van der Waals surface area contributed by atoms with Crippen LogP contribution in [0.5, 0.6) is 0 Å². The third kappa shape index (κ3) is 3.91. The normalized spacial score (nSPS) is 39.2. The van der Waals surface area contributed by atoms with Crippen molar-refractivity contribution in [3.05, 3.63) is 0 Å². The SMILES string of the molecule is COC1CNC(C(=O)NCC2(O)CCC(C)CC2)C1. The first-order valence-corrected chi connectivity index (χ1v) is 7.29. The lowest BCUT2D eigenvalue weighted by Gasteiger charge is -2.35. The van der Waals surface area contributed by atoms with Crippen molar-refractivity contribution in [3.8, 4) is 0 Å². The van der Waals surface area contributed by atoms with E-state index in [9.17, 15) is 9.90 Å². The van der Waals surface area contributed by atoms with E-state index >= 15 is 0 Å². The molecule has 1 heterocycles. The summed E-state index contributed by atoms with van der Waals surface area (Å²) in [5.74, 6) is 0.668. The van der Waals surface area contributed by atoms with Crippen LogP contribution in [0.15, 0.2) is 0 Å². The maximum atomic E-state index is 12.0. The topological polar surface area (TPSA) is 70.6 Å². The van der Waals surface area contributed by atoms with E-state index in [-0.39, 0.29) is 18.1 Å². The first-order chi connectivity index (χ1) is 9.02. The number of hydrogen-bond donors (Lipinski definition) is 3. The molecule has 1 aliphatic carbocycles. The van der Waals surface area contributed by atoms with Gasteiger partial charge in [0.05, 0.1) is 17.7 Å². The van der Waals surface area contributed by atoms with Crippen LogP contribution in [0.4, 0.5) is 0 Å². The molecule has 0 aromatic heterocycles. The Morgan fingerprint density at radius 3 is 2.74 bits per heavy atom. The molecule has 5 nitrogen and oxygen atoms in total. The first kappa shape index (κ1) is 14.8. The van der Waals surface area contributed by atoms with Crippen molar-refractivity contribution in [1.82, 2.24) is 10.6 Å². The van der Waals surface area contributed by atoms with Gasteiger partial charge in [-0.25, -0.2) is 0 Å². The van der Waals surface area contributed by atoms with Crippen molar-refractivity contribution in [2.45, 2.75) is 56.8 Å². The van der Waals surface area contributed by atoms with Crippen molar-refractivity contribution in [1.29, 1.82) is 0 Å². The van der Waals surface area contributed by atoms with Crippen LogP contribution >= 0.6 is 0 Å². The number of rotatable bonds is 4. The molecule has 1 saturated heterocycles. The average Bonchev–Trinajstić information content (AvgIpc) is 2.89. The monoisotopic (exact) mass is 270 g/mol. The molecule has 0 bridgehead atoms. The van der Waals surface area contributed by atoms with Gasteiger partial charge in [-0.1, -0.05) is 6.92 Å². The molecule has 2 rings (SSSR count). The lowest BCUT2D eigenvalue weighted by molar-refractivity contribution is -0.124.